The van der Waals surface area contributed by atoms with Crippen molar-refractivity contribution in [3.05, 3.63) is 42.2 Å². The molecule has 0 spiro atoms. The minimum absolute atomic E-state index is 0.0500. The van der Waals surface area contributed by atoms with Gasteiger partial charge in [0.25, 0.3) is 5.91 Å². The highest BCUT2D eigenvalue weighted by atomic mass is 32.2. The topological polar surface area (TPSA) is 122 Å². The molecule has 126 valence electrons. The summed E-state index contributed by atoms with van der Waals surface area (Å²) >= 11 is 0. The van der Waals surface area contributed by atoms with Gasteiger partial charge in [-0.3, -0.25) is 14.3 Å². The molecule has 0 fully saturated rings. The van der Waals surface area contributed by atoms with Crippen molar-refractivity contribution in [2.24, 2.45) is 0 Å². The van der Waals surface area contributed by atoms with E-state index in [9.17, 15) is 13.2 Å². The Morgan fingerprint density at radius 1 is 1.42 bits per heavy atom. The molecule has 0 bridgehead atoms. The van der Waals surface area contributed by atoms with Crippen LogP contribution in [-0.2, 0) is 9.84 Å². The highest BCUT2D eigenvalue weighted by Gasteiger charge is 2.24. The largest absolute Gasteiger partial charge is 0.341 e. The summed E-state index contributed by atoms with van der Waals surface area (Å²) in [5.41, 5.74) is 0.469. The van der Waals surface area contributed by atoms with Crippen molar-refractivity contribution in [2.75, 3.05) is 6.26 Å². The number of nitrogens with one attached hydrogen (secondary N) is 2. The quantitative estimate of drug-likeness (QED) is 0.701. The maximum atomic E-state index is 12.6. The highest BCUT2D eigenvalue weighted by Crippen LogP contribution is 2.18. The number of nitrogens with zero attached hydrogens (tertiary/aromatic N) is 4. The Kier molecular flexibility index (Phi) is 4.06. The molecule has 1 amide bonds. The lowest BCUT2D eigenvalue weighted by Gasteiger charge is -2.13. The fourth-order valence-corrected chi connectivity index (χ4v) is 3.19. The Bertz CT molecular complexity index is 977. The van der Waals surface area contributed by atoms with Crippen LogP contribution in [0.1, 0.15) is 35.7 Å². The Hall–Kier alpha value is -2.75. The van der Waals surface area contributed by atoms with Gasteiger partial charge in [-0.2, -0.15) is 5.10 Å². The van der Waals surface area contributed by atoms with E-state index in [1.165, 1.54) is 10.7 Å². The zero-order chi connectivity index (χ0) is 17.3. The molecule has 24 heavy (non-hydrogen) atoms. The average molecular weight is 348 g/mol. The number of carbonyl (C=O) groups is 1. The number of hydrogen-bond acceptors (Lipinski definition) is 6. The van der Waals surface area contributed by atoms with E-state index in [1.807, 2.05) is 6.92 Å². The number of fused-ring (bicyclic) bond motifs is 1. The monoisotopic (exact) mass is 348 g/mol. The van der Waals surface area contributed by atoms with Crippen molar-refractivity contribution in [1.29, 1.82) is 0 Å². The van der Waals surface area contributed by atoms with Crippen LogP contribution in [0.5, 0.6) is 0 Å². The highest BCUT2D eigenvalue weighted by molar-refractivity contribution is 7.90. The predicted octanol–water partition coefficient (Wildman–Crippen LogP) is 0.737. The Morgan fingerprint density at radius 3 is 2.83 bits per heavy atom. The summed E-state index contributed by atoms with van der Waals surface area (Å²) in [5.74, 6) is 0.0505. The number of carbonyl (C=O) groups excluding carboxylic acids is 1. The third kappa shape index (κ3) is 2.87. The molecular weight excluding hydrogens is 332 g/mol. The molecule has 3 rings (SSSR count). The van der Waals surface area contributed by atoms with Crippen molar-refractivity contribution in [3.8, 4) is 0 Å². The predicted molar refractivity (Wildman–Crippen MR) is 85.2 cm³/mol. The molecule has 0 aliphatic rings. The Balaban J connectivity index is 2.01. The van der Waals surface area contributed by atoms with Gasteiger partial charge in [0.1, 0.15) is 12.2 Å². The summed E-state index contributed by atoms with van der Waals surface area (Å²) in [6, 6.07) is 4.66. The van der Waals surface area contributed by atoms with Gasteiger partial charge < -0.3 is 5.32 Å². The minimum atomic E-state index is -3.58. The molecule has 0 aliphatic heterocycles. The van der Waals surface area contributed by atoms with E-state index in [4.69, 9.17) is 0 Å². The van der Waals surface area contributed by atoms with Gasteiger partial charge in [0.2, 0.25) is 15.0 Å². The van der Waals surface area contributed by atoms with E-state index in [0.29, 0.717) is 17.8 Å². The zero-order valence-corrected chi connectivity index (χ0v) is 13.9. The van der Waals surface area contributed by atoms with E-state index in [-0.39, 0.29) is 16.9 Å². The molecule has 10 heteroatoms. The zero-order valence-electron chi connectivity index (χ0n) is 13.1. The van der Waals surface area contributed by atoms with E-state index < -0.39 is 15.7 Å². The number of sulfone groups is 1. The number of amides is 1. The van der Waals surface area contributed by atoms with Crippen molar-refractivity contribution in [2.45, 2.75) is 24.5 Å². The van der Waals surface area contributed by atoms with Gasteiger partial charge in [-0.05, 0) is 18.6 Å². The minimum Gasteiger partial charge on any atom is -0.341 e. The normalized spacial score (nSPS) is 13.1. The molecule has 2 N–H and O–H groups in total. The van der Waals surface area contributed by atoms with Gasteiger partial charge in [-0.1, -0.05) is 13.0 Å². The van der Waals surface area contributed by atoms with Crippen LogP contribution in [0.2, 0.25) is 0 Å². The molecule has 0 radical (unpaired) electrons. The number of imidazole rings is 1. The van der Waals surface area contributed by atoms with Crippen molar-refractivity contribution < 1.29 is 13.2 Å². The first-order valence-corrected chi connectivity index (χ1v) is 9.14. The van der Waals surface area contributed by atoms with E-state index in [1.54, 1.807) is 24.4 Å². The van der Waals surface area contributed by atoms with E-state index in [2.05, 4.69) is 25.5 Å². The second-order valence-electron chi connectivity index (χ2n) is 5.28. The standard InChI is InChI=1S/C14H16N6O3S/c1-3-9(12-15-8-16-19-12)17-13(21)11-10-6-4-5-7-20(10)14(18-11)24(2,22)23/h4-9H,3H2,1-2H3,(H,17,21)(H,15,16,19)/t9-/m0/s1. The first-order chi connectivity index (χ1) is 11.4. The van der Waals surface area contributed by atoms with Gasteiger partial charge >= 0.3 is 0 Å². The fourth-order valence-electron chi connectivity index (χ4n) is 2.41. The summed E-state index contributed by atoms with van der Waals surface area (Å²) in [5, 5.41) is 9.11. The maximum Gasteiger partial charge on any atom is 0.272 e. The maximum absolute atomic E-state index is 12.6. The summed E-state index contributed by atoms with van der Waals surface area (Å²) < 4.78 is 25.2. The number of aromatic nitrogens is 5. The lowest BCUT2D eigenvalue weighted by atomic mass is 10.2. The summed E-state index contributed by atoms with van der Waals surface area (Å²) in [7, 11) is -3.58. The number of aromatic amines is 1. The second-order valence-corrected chi connectivity index (χ2v) is 7.19. The molecule has 3 heterocycles. The van der Waals surface area contributed by atoms with Crippen LogP contribution < -0.4 is 5.32 Å². The average Bonchev–Trinajstić information content (AvgIpc) is 3.19. The molecule has 0 saturated carbocycles. The van der Waals surface area contributed by atoms with Crippen molar-refractivity contribution in [3.63, 3.8) is 0 Å². The molecule has 0 saturated heterocycles. The first-order valence-electron chi connectivity index (χ1n) is 7.25. The molecule has 9 nitrogen and oxygen atoms in total. The number of pyridine rings is 1. The van der Waals surface area contributed by atoms with E-state index in [0.717, 1.165) is 6.26 Å². The van der Waals surface area contributed by atoms with Crippen LogP contribution in [-0.4, -0.2) is 45.1 Å². The van der Waals surface area contributed by atoms with Gasteiger partial charge in [-0.15, -0.1) is 0 Å². The third-order valence-electron chi connectivity index (χ3n) is 3.54. The van der Waals surface area contributed by atoms with Crippen LogP contribution in [0.15, 0.2) is 35.9 Å². The van der Waals surface area contributed by atoms with Crippen molar-refractivity contribution >= 4 is 21.3 Å². The lowest BCUT2D eigenvalue weighted by molar-refractivity contribution is 0.0930. The molecule has 3 aromatic rings. The fraction of sp³-hybridized carbons (Fsp3) is 0.286. The third-order valence-corrected chi connectivity index (χ3v) is 4.49. The Morgan fingerprint density at radius 2 is 2.21 bits per heavy atom. The van der Waals surface area contributed by atoms with E-state index >= 15 is 0 Å². The van der Waals surface area contributed by atoms with Crippen LogP contribution in [0.4, 0.5) is 0 Å². The molecule has 1 atom stereocenters. The summed E-state index contributed by atoms with van der Waals surface area (Å²) in [4.78, 5) is 20.7. The first kappa shape index (κ1) is 16.1. The molecule has 0 aliphatic carbocycles. The molecule has 3 aromatic heterocycles. The lowest BCUT2D eigenvalue weighted by Crippen LogP contribution is -2.29. The Labute approximate surface area is 138 Å². The van der Waals surface area contributed by atoms with Crippen LogP contribution in [0.25, 0.3) is 5.52 Å². The van der Waals surface area contributed by atoms with Crippen LogP contribution >= 0.6 is 0 Å². The van der Waals surface area contributed by atoms with Crippen molar-refractivity contribution in [1.82, 2.24) is 29.9 Å². The number of H-pyrrole nitrogens is 1. The number of hydrogen-bond donors (Lipinski definition) is 2. The van der Waals surface area contributed by atoms with Gasteiger partial charge in [-0.25, -0.2) is 18.4 Å². The van der Waals surface area contributed by atoms with Gasteiger partial charge in [0.15, 0.2) is 5.69 Å². The van der Waals surface area contributed by atoms with Gasteiger partial charge in [0.05, 0.1) is 11.6 Å². The SMILES string of the molecule is CC[C@H](NC(=O)c1nc(S(C)(=O)=O)n2ccccc12)c1ncn[nH]1. The van der Waals surface area contributed by atoms with Crippen LogP contribution in [0, 0.1) is 0 Å². The smallest absolute Gasteiger partial charge is 0.272 e. The molecular formula is C14H16N6O3S. The molecule has 0 aromatic carbocycles. The number of rotatable bonds is 5. The second kappa shape index (κ2) is 6.04. The summed E-state index contributed by atoms with van der Waals surface area (Å²) in [6.07, 6.45) is 4.56. The summed E-state index contributed by atoms with van der Waals surface area (Å²) in [6.45, 7) is 1.89. The van der Waals surface area contributed by atoms with Crippen LogP contribution in [0.3, 0.4) is 0 Å². The molecule has 0 unspecified atom stereocenters. The van der Waals surface area contributed by atoms with Gasteiger partial charge in [0, 0.05) is 12.5 Å².